The summed E-state index contributed by atoms with van der Waals surface area (Å²) in [5.41, 5.74) is 5.32. The molecule has 0 saturated heterocycles. The van der Waals surface area contributed by atoms with Crippen molar-refractivity contribution in [3.63, 3.8) is 0 Å². The molecule has 3 aromatic heterocycles. The summed E-state index contributed by atoms with van der Waals surface area (Å²) in [5.74, 6) is 2.54. The lowest BCUT2D eigenvalue weighted by atomic mass is 9.86. The van der Waals surface area contributed by atoms with Crippen molar-refractivity contribution in [3.8, 4) is 22.8 Å². The van der Waals surface area contributed by atoms with Gasteiger partial charge in [0.15, 0.2) is 11.6 Å². The topological polar surface area (TPSA) is 51.8 Å². The third-order valence-electron chi connectivity index (χ3n) is 7.40. The average Bonchev–Trinajstić information content (AvgIpc) is 3.56. The summed E-state index contributed by atoms with van der Waals surface area (Å²) in [6.45, 7) is 0. The molecule has 1 aliphatic carbocycles. The van der Waals surface area contributed by atoms with Crippen LogP contribution < -0.4 is 0 Å². The molecule has 4 nitrogen and oxygen atoms in total. The summed E-state index contributed by atoms with van der Waals surface area (Å²) in [6.07, 6.45) is 6.95. The molecule has 0 radical (unpaired) electrons. The van der Waals surface area contributed by atoms with Crippen LogP contribution in [0.2, 0.25) is 0 Å². The first-order valence-electron chi connectivity index (χ1n) is 12.7. The maximum Gasteiger partial charge on any atom is 0.164 e. The van der Waals surface area contributed by atoms with Gasteiger partial charge in [0, 0.05) is 48.2 Å². The zero-order valence-electron chi connectivity index (χ0n) is 20.3. The number of aromatic nitrogens is 3. The summed E-state index contributed by atoms with van der Waals surface area (Å²) in [5, 5.41) is 3.67. The molecule has 38 heavy (non-hydrogen) atoms. The van der Waals surface area contributed by atoms with Gasteiger partial charge in [-0.3, -0.25) is 0 Å². The number of fused-ring (bicyclic) bond motifs is 6. The number of allylic oxidation sites excluding steroid dienone is 1. The largest absolute Gasteiger partial charge is 0.460 e. The van der Waals surface area contributed by atoms with Crippen molar-refractivity contribution in [2.75, 3.05) is 0 Å². The van der Waals surface area contributed by atoms with Crippen LogP contribution in [0.3, 0.4) is 0 Å². The van der Waals surface area contributed by atoms with Gasteiger partial charge in [0.25, 0.3) is 0 Å². The number of para-hydroxylation sites is 1. The standard InChI is InChI=1S/C33H21N3OS/c1-3-16-28-23(10-1)25-13-6-12-22(30(25)37-28)20-8-5-9-21(18-20)32-34-19-35-33(36-32)27-15-7-14-26-24-11-2-4-17-29(24)38-31(26)27/h1-11,13-19,22H,12H2. The van der Waals surface area contributed by atoms with Gasteiger partial charge in [0.2, 0.25) is 0 Å². The molecule has 8 rings (SSSR count). The molecule has 0 N–H and O–H groups in total. The number of hydrogen-bond acceptors (Lipinski definition) is 5. The van der Waals surface area contributed by atoms with Crippen molar-refractivity contribution in [2.45, 2.75) is 12.3 Å². The molecule has 0 aliphatic heterocycles. The number of furan rings is 1. The predicted molar refractivity (Wildman–Crippen MR) is 155 cm³/mol. The molecule has 3 heterocycles. The van der Waals surface area contributed by atoms with Crippen LogP contribution in [0.15, 0.2) is 108 Å². The number of nitrogens with zero attached hydrogens (tertiary/aromatic N) is 3. The summed E-state index contributed by atoms with van der Waals surface area (Å²) in [7, 11) is 0. The number of hydrogen-bond donors (Lipinski definition) is 0. The van der Waals surface area contributed by atoms with Gasteiger partial charge < -0.3 is 4.42 Å². The normalized spacial score (nSPS) is 14.9. The Balaban J connectivity index is 1.21. The second-order valence-corrected chi connectivity index (χ2v) is 10.7. The molecule has 0 saturated carbocycles. The minimum Gasteiger partial charge on any atom is -0.460 e. The van der Waals surface area contributed by atoms with Crippen LogP contribution >= 0.6 is 11.3 Å². The maximum absolute atomic E-state index is 6.35. The van der Waals surface area contributed by atoms with Crippen molar-refractivity contribution in [2.24, 2.45) is 0 Å². The Bertz CT molecular complexity index is 2030. The molecule has 0 fully saturated rings. The maximum atomic E-state index is 6.35. The van der Waals surface area contributed by atoms with Crippen molar-refractivity contribution in [3.05, 3.63) is 120 Å². The van der Waals surface area contributed by atoms with Gasteiger partial charge in [0.1, 0.15) is 17.7 Å². The van der Waals surface area contributed by atoms with Gasteiger partial charge in [-0.15, -0.1) is 11.3 Å². The molecule has 0 bridgehead atoms. The van der Waals surface area contributed by atoms with Crippen LogP contribution in [0.4, 0.5) is 0 Å². The summed E-state index contributed by atoms with van der Waals surface area (Å²) < 4.78 is 8.82. The molecule has 0 spiro atoms. The van der Waals surface area contributed by atoms with Crippen molar-refractivity contribution >= 4 is 48.6 Å². The first-order chi connectivity index (χ1) is 18.8. The van der Waals surface area contributed by atoms with Gasteiger partial charge in [-0.05, 0) is 36.2 Å². The minimum absolute atomic E-state index is 0.149. The van der Waals surface area contributed by atoms with Gasteiger partial charge in [0.05, 0.1) is 0 Å². The lowest BCUT2D eigenvalue weighted by molar-refractivity contribution is 0.517. The van der Waals surface area contributed by atoms with Gasteiger partial charge in [-0.2, -0.15) is 0 Å². The lowest BCUT2D eigenvalue weighted by Crippen LogP contribution is -2.04. The zero-order chi connectivity index (χ0) is 25.1. The van der Waals surface area contributed by atoms with E-state index in [1.165, 1.54) is 31.3 Å². The molecular weight excluding hydrogens is 486 g/mol. The quantitative estimate of drug-likeness (QED) is 0.240. The third kappa shape index (κ3) is 3.32. The van der Waals surface area contributed by atoms with Gasteiger partial charge >= 0.3 is 0 Å². The van der Waals surface area contributed by atoms with E-state index in [1.54, 1.807) is 17.7 Å². The smallest absolute Gasteiger partial charge is 0.164 e. The average molecular weight is 508 g/mol. The highest BCUT2D eigenvalue weighted by Crippen LogP contribution is 2.42. The second kappa shape index (κ2) is 8.47. The van der Waals surface area contributed by atoms with E-state index in [2.05, 4.69) is 101 Å². The lowest BCUT2D eigenvalue weighted by Gasteiger charge is -2.18. The van der Waals surface area contributed by atoms with Crippen molar-refractivity contribution < 1.29 is 4.42 Å². The monoisotopic (exact) mass is 507 g/mol. The van der Waals surface area contributed by atoms with E-state index in [-0.39, 0.29) is 5.92 Å². The fourth-order valence-electron chi connectivity index (χ4n) is 5.61. The number of thiophene rings is 1. The third-order valence-corrected chi connectivity index (χ3v) is 8.62. The Labute approximate surface area is 223 Å². The fraction of sp³-hybridized carbons (Fsp3) is 0.0606. The highest BCUT2D eigenvalue weighted by Gasteiger charge is 2.25. The highest BCUT2D eigenvalue weighted by molar-refractivity contribution is 7.26. The van der Waals surface area contributed by atoms with E-state index in [4.69, 9.17) is 9.40 Å². The zero-order valence-corrected chi connectivity index (χ0v) is 21.2. The van der Waals surface area contributed by atoms with E-state index < -0.39 is 0 Å². The van der Waals surface area contributed by atoms with Crippen molar-refractivity contribution in [1.29, 1.82) is 0 Å². The summed E-state index contributed by atoms with van der Waals surface area (Å²) in [4.78, 5) is 14.1. The molecule has 1 aliphatic rings. The molecule has 7 aromatic rings. The molecule has 5 heteroatoms. The summed E-state index contributed by atoms with van der Waals surface area (Å²) >= 11 is 1.78. The molecule has 0 amide bonds. The SMILES string of the molecule is C1=Cc2c(oc3ccccc23)C(c2cccc(-c3ncnc(-c4cccc5c4sc4ccccc45)n3)c2)C1. The van der Waals surface area contributed by atoms with Crippen LogP contribution in [-0.2, 0) is 0 Å². The Hall–Kier alpha value is -4.61. The Morgan fingerprint density at radius 3 is 2.55 bits per heavy atom. The summed E-state index contributed by atoms with van der Waals surface area (Å²) in [6, 6.07) is 31.7. The Kier molecular flexibility index (Phi) is 4.79. The second-order valence-electron chi connectivity index (χ2n) is 9.61. The van der Waals surface area contributed by atoms with Crippen LogP contribution in [0.25, 0.3) is 60.0 Å². The van der Waals surface area contributed by atoms with Crippen LogP contribution in [-0.4, -0.2) is 15.0 Å². The van der Waals surface area contributed by atoms with Crippen molar-refractivity contribution in [1.82, 2.24) is 15.0 Å². The van der Waals surface area contributed by atoms with E-state index in [1.807, 2.05) is 12.1 Å². The molecule has 1 atom stereocenters. The van der Waals surface area contributed by atoms with Gasteiger partial charge in [-0.25, -0.2) is 15.0 Å². The Morgan fingerprint density at radius 1 is 0.763 bits per heavy atom. The first-order valence-corrected chi connectivity index (χ1v) is 13.5. The first kappa shape index (κ1) is 21.5. The van der Waals surface area contributed by atoms with Crippen LogP contribution in [0.1, 0.15) is 29.2 Å². The predicted octanol–water partition coefficient (Wildman–Crippen LogP) is 8.87. The molecule has 180 valence electrons. The number of benzene rings is 4. The van der Waals surface area contributed by atoms with E-state index in [0.29, 0.717) is 11.6 Å². The fourth-order valence-corrected chi connectivity index (χ4v) is 6.83. The highest BCUT2D eigenvalue weighted by atomic mass is 32.1. The Morgan fingerprint density at radius 2 is 1.58 bits per heavy atom. The molecular formula is C33H21N3OS. The minimum atomic E-state index is 0.149. The molecule has 1 unspecified atom stereocenters. The van der Waals surface area contributed by atoms with Crippen LogP contribution in [0, 0.1) is 0 Å². The van der Waals surface area contributed by atoms with E-state index in [9.17, 15) is 0 Å². The number of rotatable bonds is 3. The van der Waals surface area contributed by atoms with E-state index >= 15 is 0 Å². The van der Waals surface area contributed by atoms with Gasteiger partial charge in [-0.1, -0.05) is 78.9 Å². The van der Waals surface area contributed by atoms with E-state index in [0.717, 1.165) is 34.3 Å². The van der Waals surface area contributed by atoms with Crippen LogP contribution in [0.5, 0.6) is 0 Å². The molecule has 4 aromatic carbocycles.